The minimum absolute atomic E-state index is 0.0390. The number of rotatable bonds is 4. The van der Waals surface area contributed by atoms with Gasteiger partial charge >= 0.3 is 5.97 Å². The zero-order valence-electron chi connectivity index (χ0n) is 19.9. The SMILES string of the molecule is Cc1cc(Cn2cc(C(=O)c3c(F)ccc4c3C(=O)OC43CCNCC3)c3ccc(Cl)cc32)nn1C. The third-order valence-electron chi connectivity index (χ3n) is 7.36. The molecule has 1 spiro atoms. The Morgan fingerprint density at radius 2 is 2.00 bits per heavy atom. The number of fused-ring (bicyclic) bond motifs is 3. The molecule has 0 bridgehead atoms. The molecule has 4 heterocycles. The van der Waals surface area contributed by atoms with Gasteiger partial charge in [0.05, 0.1) is 28.9 Å². The van der Waals surface area contributed by atoms with Crippen molar-refractivity contribution in [2.45, 2.75) is 31.9 Å². The maximum Gasteiger partial charge on any atom is 0.340 e. The third kappa shape index (κ3) is 3.47. The largest absolute Gasteiger partial charge is 0.450 e. The van der Waals surface area contributed by atoms with Crippen LogP contribution in [0, 0.1) is 12.7 Å². The lowest BCUT2D eigenvalue weighted by molar-refractivity contribution is -0.0242. The minimum atomic E-state index is -0.821. The van der Waals surface area contributed by atoms with E-state index < -0.39 is 23.2 Å². The van der Waals surface area contributed by atoms with Gasteiger partial charge in [-0.15, -0.1) is 0 Å². The second-order valence-electron chi connectivity index (χ2n) is 9.54. The standard InChI is InChI=1S/C27H24ClFN4O3/c1-15-11-17(31-32(15)2)13-33-14-19(18-4-3-16(28)12-22(18)33)25(34)24-21(29)6-5-20-23(24)26(35)36-27(20)7-9-30-10-8-27/h3-6,11-12,14,30H,7-10,13H2,1-2H3. The Balaban J connectivity index is 1.49. The molecule has 2 aromatic carbocycles. The summed E-state index contributed by atoms with van der Waals surface area (Å²) in [4.78, 5) is 27.0. The Labute approximate surface area is 211 Å². The first-order valence-electron chi connectivity index (χ1n) is 11.9. The number of aryl methyl sites for hydroxylation is 2. The summed E-state index contributed by atoms with van der Waals surface area (Å²) in [6, 6.07) is 10.0. The topological polar surface area (TPSA) is 78.2 Å². The van der Waals surface area contributed by atoms with Crippen LogP contribution in [0.2, 0.25) is 5.02 Å². The van der Waals surface area contributed by atoms with Gasteiger partial charge in [-0.3, -0.25) is 9.48 Å². The van der Waals surface area contributed by atoms with Gasteiger partial charge < -0.3 is 14.6 Å². The van der Waals surface area contributed by atoms with E-state index in [1.807, 2.05) is 24.6 Å². The lowest BCUT2D eigenvalue weighted by atomic mass is 9.82. The zero-order valence-corrected chi connectivity index (χ0v) is 20.7. The highest BCUT2D eigenvalue weighted by molar-refractivity contribution is 6.31. The molecule has 4 aromatic rings. The minimum Gasteiger partial charge on any atom is -0.450 e. The summed E-state index contributed by atoms with van der Waals surface area (Å²) in [5.74, 6) is -1.95. The normalized spacial score (nSPS) is 16.5. The number of hydrogen-bond acceptors (Lipinski definition) is 5. The third-order valence-corrected chi connectivity index (χ3v) is 7.60. The summed E-state index contributed by atoms with van der Waals surface area (Å²) in [7, 11) is 1.87. The number of esters is 1. The predicted molar refractivity (Wildman–Crippen MR) is 133 cm³/mol. The smallest absolute Gasteiger partial charge is 0.340 e. The molecule has 1 N–H and O–H groups in total. The summed E-state index contributed by atoms with van der Waals surface area (Å²) in [5.41, 5.74) is 2.40. The molecule has 2 aliphatic rings. The summed E-state index contributed by atoms with van der Waals surface area (Å²) < 4.78 is 24.8. The van der Waals surface area contributed by atoms with Gasteiger partial charge in [0.2, 0.25) is 0 Å². The first kappa shape index (κ1) is 22.9. The van der Waals surface area contributed by atoms with Gasteiger partial charge in [0.1, 0.15) is 11.4 Å². The zero-order chi connectivity index (χ0) is 25.2. The molecule has 0 unspecified atom stereocenters. The van der Waals surface area contributed by atoms with Gasteiger partial charge in [0, 0.05) is 53.3 Å². The fraction of sp³-hybridized carbons (Fsp3) is 0.296. The average Bonchev–Trinajstić information content (AvgIpc) is 3.45. The highest BCUT2D eigenvalue weighted by Crippen LogP contribution is 2.45. The van der Waals surface area contributed by atoms with E-state index in [4.69, 9.17) is 16.3 Å². The molecule has 9 heteroatoms. The number of nitrogens with one attached hydrogen (secondary N) is 1. The van der Waals surface area contributed by atoms with Crippen LogP contribution in [0.1, 0.15) is 56.1 Å². The molecular formula is C27H24ClFN4O3. The number of piperidine rings is 1. The lowest BCUT2D eigenvalue weighted by Crippen LogP contribution is -2.40. The van der Waals surface area contributed by atoms with Crippen LogP contribution >= 0.6 is 11.6 Å². The van der Waals surface area contributed by atoms with Gasteiger partial charge in [0.25, 0.3) is 0 Å². The van der Waals surface area contributed by atoms with Crippen molar-refractivity contribution in [1.82, 2.24) is 19.7 Å². The first-order chi connectivity index (χ1) is 17.3. The number of hydrogen-bond donors (Lipinski definition) is 1. The van der Waals surface area contributed by atoms with Crippen LogP contribution in [0.5, 0.6) is 0 Å². The van der Waals surface area contributed by atoms with E-state index in [0.29, 0.717) is 54.0 Å². The van der Waals surface area contributed by atoms with Gasteiger partial charge in [-0.1, -0.05) is 23.7 Å². The molecule has 7 nitrogen and oxygen atoms in total. The van der Waals surface area contributed by atoms with E-state index in [-0.39, 0.29) is 11.1 Å². The fourth-order valence-electron chi connectivity index (χ4n) is 5.47. The average molecular weight is 507 g/mol. The molecule has 184 valence electrons. The van der Waals surface area contributed by atoms with Crippen LogP contribution in [-0.2, 0) is 23.9 Å². The molecule has 0 atom stereocenters. The van der Waals surface area contributed by atoms with E-state index in [1.54, 1.807) is 35.1 Å². The van der Waals surface area contributed by atoms with Crippen LogP contribution in [-0.4, -0.2) is 39.2 Å². The second-order valence-corrected chi connectivity index (χ2v) is 9.98. The Kier molecular flexibility index (Phi) is 5.28. The van der Waals surface area contributed by atoms with Crippen LogP contribution in [0.4, 0.5) is 4.39 Å². The van der Waals surface area contributed by atoms with Crippen molar-refractivity contribution in [3.63, 3.8) is 0 Å². The molecule has 2 aliphatic heterocycles. The lowest BCUT2D eigenvalue weighted by Gasteiger charge is -2.33. The van der Waals surface area contributed by atoms with Crippen molar-refractivity contribution >= 4 is 34.3 Å². The molecule has 0 saturated carbocycles. The van der Waals surface area contributed by atoms with Crippen LogP contribution < -0.4 is 5.32 Å². The highest BCUT2D eigenvalue weighted by atomic mass is 35.5. The number of ketones is 1. The highest BCUT2D eigenvalue weighted by Gasteiger charge is 2.48. The van der Waals surface area contributed by atoms with Crippen molar-refractivity contribution in [2.24, 2.45) is 7.05 Å². The molecule has 1 saturated heterocycles. The van der Waals surface area contributed by atoms with Crippen molar-refractivity contribution in [2.75, 3.05) is 13.1 Å². The molecule has 6 rings (SSSR count). The van der Waals surface area contributed by atoms with Crippen molar-refractivity contribution in [3.8, 4) is 0 Å². The molecule has 2 aromatic heterocycles. The number of ether oxygens (including phenoxy) is 1. The maximum absolute atomic E-state index is 15.3. The summed E-state index contributed by atoms with van der Waals surface area (Å²) in [5, 5.41) is 8.91. The van der Waals surface area contributed by atoms with E-state index in [2.05, 4.69) is 10.4 Å². The Hall–Kier alpha value is -3.49. The molecule has 0 amide bonds. The number of carbonyl (C=O) groups excluding carboxylic acids is 2. The van der Waals surface area contributed by atoms with E-state index in [1.165, 1.54) is 6.07 Å². The molecule has 0 aliphatic carbocycles. The van der Waals surface area contributed by atoms with Crippen molar-refractivity contribution < 1.29 is 18.7 Å². The van der Waals surface area contributed by atoms with Crippen LogP contribution in [0.15, 0.2) is 42.6 Å². The molecule has 1 fully saturated rings. The van der Waals surface area contributed by atoms with Crippen molar-refractivity contribution in [1.29, 1.82) is 0 Å². The molecular weight excluding hydrogens is 483 g/mol. The summed E-state index contributed by atoms with van der Waals surface area (Å²) in [6.45, 7) is 3.71. The van der Waals surface area contributed by atoms with Crippen LogP contribution in [0.25, 0.3) is 10.9 Å². The van der Waals surface area contributed by atoms with Gasteiger partial charge in [-0.25, -0.2) is 9.18 Å². The molecule has 36 heavy (non-hydrogen) atoms. The number of halogens is 2. The van der Waals surface area contributed by atoms with Gasteiger partial charge in [-0.05, 0) is 44.3 Å². The predicted octanol–water partition coefficient (Wildman–Crippen LogP) is 4.50. The first-order valence-corrected chi connectivity index (χ1v) is 12.2. The number of nitrogens with zero attached hydrogens (tertiary/aromatic N) is 3. The number of benzene rings is 2. The van der Waals surface area contributed by atoms with Gasteiger partial charge in [0.15, 0.2) is 5.78 Å². The summed E-state index contributed by atoms with van der Waals surface area (Å²) in [6.07, 6.45) is 2.84. The van der Waals surface area contributed by atoms with Crippen LogP contribution in [0.3, 0.4) is 0 Å². The quantitative estimate of drug-likeness (QED) is 0.325. The van der Waals surface area contributed by atoms with E-state index in [0.717, 1.165) is 16.9 Å². The number of aromatic nitrogens is 3. The molecule has 0 radical (unpaired) electrons. The van der Waals surface area contributed by atoms with E-state index in [9.17, 15) is 9.59 Å². The maximum atomic E-state index is 15.3. The van der Waals surface area contributed by atoms with Crippen molar-refractivity contribution in [3.05, 3.63) is 87.1 Å². The monoisotopic (exact) mass is 506 g/mol. The fourth-order valence-corrected chi connectivity index (χ4v) is 5.64. The van der Waals surface area contributed by atoms with E-state index >= 15 is 4.39 Å². The Morgan fingerprint density at radius 1 is 1.22 bits per heavy atom. The van der Waals surface area contributed by atoms with Gasteiger partial charge in [-0.2, -0.15) is 5.10 Å². The Bertz CT molecular complexity index is 1550. The number of carbonyl (C=O) groups is 2. The second kappa shape index (κ2) is 8.28. The Morgan fingerprint density at radius 3 is 2.72 bits per heavy atom. The summed E-state index contributed by atoms with van der Waals surface area (Å²) >= 11 is 6.29.